The lowest BCUT2D eigenvalue weighted by Crippen LogP contribution is -2.15. The Morgan fingerprint density at radius 3 is 1.57 bits per heavy atom. The van der Waals surface area contributed by atoms with Gasteiger partial charge in [0, 0.05) is 0 Å². The Labute approximate surface area is 215 Å². The van der Waals surface area contributed by atoms with E-state index in [4.69, 9.17) is 23.7 Å². The van der Waals surface area contributed by atoms with Crippen LogP contribution < -0.4 is 18.9 Å². The van der Waals surface area contributed by atoms with E-state index < -0.39 is 11.9 Å². The van der Waals surface area contributed by atoms with Crippen LogP contribution in [0, 0.1) is 0 Å². The average Bonchev–Trinajstić information content (AvgIpc) is 2.95. The first-order valence-electron chi connectivity index (χ1n) is 11.8. The Hall–Kier alpha value is -4.78. The zero-order valence-corrected chi connectivity index (χ0v) is 20.1. The van der Waals surface area contributed by atoms with Gasteiger partial charge >= 0.3 is 11.9 Å². The van der Waals surface area contributed by atoms with Crippen LogP contribution in [-0.4, -0.2) is 38.4 Å². The summed E-state index contributed by atoms with van der Waals surface area (Å²) in [7, 11) is 0. The summed E-state index contributed by atoms with van der Waals surface area (Å²) in [5.74, 6) is 0.946. The van der Waals surface area contributed by atoms with Gasteiger partial charge < -0.3 is 23.7 Å². The molecule has 0 saturated carbocycles. The van der Waals surface area contributed by atoms with Crippen molar-refractivity contribution < 1.29 is 33.3 Å². The molecule has 0 saturated heterocycles. The molecule has 4 rings (SSSR count). The molecule has 7 nitrogen and oxygen atoms in total. The molecule has 4 aromatic carbocycles. The van der Waals surface area contributed by atoms with Gasteiger partial charge in [0.1, 0.15) is 55.0 Å². The summed E-state index contributed by atoms with van der Waals surface area (Å²) in [6.45, 7) is 0.988. The van der Waals surface area contributed by atoms with E-state index in [1.165, 1.54) is 6.07 Å². The van der Waals surface area contributed by atoms with Gasteiger partial charge in [-0.2, -0.15) is 0 Å². The molecule has 4 aromatic rings. The summed E-state index contributed by atoms with van der Waals surface area (Å²) in [5, 5.41) is 0. The molecule has 0 aliphatic rings. The van der Waals surface area contributed by atoms with Gasteiger partial charge in [-0.1, -0.05) is 48.5 Å². The van der Waals surface area contributed by atoms with Gasteiger partial charge in [-0.15, -0.1) is 0 Å². The van der Waals surface area contributed by atoms with Crippen LogP contribution in [0.5, 0.6) is 23.0 Å². The quantitative estimate of drug-likeness (QED) is 0.143. The van der Waals surface area contributed by atoms with Gasteiger partial charge in [0.25, 0.3) is 0 Å². The lowest BCUT2D eigenvalue weighted by molar-refractivity contribution is 0.0445. The molecular weight excluding hydrogens is 472 g/mol. The largest absolute Gasteiger partial charge is 0.490 e. The molecule has 0 unspecified atom stereocenters. The van der Waals surface area contributed by atoms with Crippen LogP contribution in [0.15, 0.2) is 109 Å². The number of para-hydroxylation sites is 3. The highest BCUT2D eigenvalue weighted by Gasteiger charge is 2.17. The number of rotatable bonds is 12. The van der Waals surface area contributed by atoms with E-state index >= 15 is 0 Å². The molecule has 0 fully saturated rings. The van der Waals surface area contributed by atoms with Crippen LogP contribution in [0.2, 0.25) is 0 Å². The van der Waals surface area contributed by atoms with Crippen LogP contribution in [0.3, 0.4) is 0 Å². The molecule has 0 radical (unpaired) electrons. The van der Waals surface area contributed by atoms with Crippen molar-refractivity contribution in [1.82, 2.24) is 0 Å². The number of ether oxygens (including phenoxy) is 5. The highest BCUT2D eigenvalue weighted by atomic mass is 16.6. The van der Waals surface area contributed by atoms with E-state index in [1.807, 2.05) is 60.7 Å². The molecule has 0 N–H and O–H groups in total. The number of hydrogen-bond acceptors (Lipinski definition) is 7. The summed E-state index contributed by atoms with van der Waals surface area (Å²) >= 11 is 0. The van der Waals surface area contributed by atoms with Crippen LogP contribution in [0.1, 0.15) is 20.7 Å². The molecule has 0 bridgehead atoms. The first kappa shape index (κ1) is 25.3. The van der Waals surface area contributed by atoms with Crippen molar-refractivity contribution in [3.05, 3.63) is 120 Å². The van der Waals surface area contributed by atoms with Gasteiger partial charge in [-0.25, -0.2) is 9.59 Å². The Kier molecular flexibility index (Phi) is 9.13. The molecule has 0 aliphatic carbocycles. The predicted octanol–water partition coefficient (Wildman–Crippen LogP) is 5.60. The van der Waals surface area contributed by atoms with Gasteiger partial charge in [0.05, 0.1) is 5.56 Å². The fourth-order valence-corrected chi connectivity index (χ4v) is 3.29. The summed E-state index contributed by atoms with van der Waals surface area (Å²) < 4.78 is 27.5. The van der Waals surface area contributed by atoms with E-state index in [1.54, 1.807) is 42.5 Å². The Bertz CT molecular complexity index is 1270. The fraction of sp³-hybridized carbons (Fsp3) is 0.133. The Balaban J connectivity index is 1.25. The van der Waals surface area contributed by atoms with E-state index in [9.17, 15) is 9.59 Å². The van der Waals surface area contributed by atoms with Crippen molar-refractivity contribution in [1.29, 1.82) is 0 Å². The maximum atomic E-state index is 12.7. The van der Waals surface area contributed by atoms with Crippen LogP contribution >= 0.6 is 0 Å². The molecule has 0 spiro atoms. The summed E-state index contributed by atoms with van der Waals surface area (Å²) in [5.41, 5.74) is 0.459. The molecular formula is C30H26O7. The van der Waals surface area contributed by atoms with Gasteiger partial charge in [0.2, 0.25) is 0 Å². The predicted molar refractivity (Wildman–Crippen MR) is 137 cm³/mol. The molecule has 188 valence electrons. The third-order valence-electron chi connectivity index (χ3n) is 5.09. The topological polar surface area (TPSA) is 80.3 Å². The number of esters is 2. The second-order valence-corrected chi connectivity index (χ2v) is 7.72. The van der Waals surface area contributed by atoms with E-state index in [0.29, 0.717) is 30.3 Å². The molecule has 37 heavy (non-hydrogen) atoms. The minimum Gasteiger partial charge on any atom is -0.490 e. The maximum absolute atomic E-state index is 12.7. The summed E-state index contributed by atoms with van der Waals surface area (Å²) in [6, 6.07) is 31.7. The van der Waals surface area contributed by atoms with Crippen molar-refractivity contribution in [2.45, 2.75) is 0 Å². The monoisotopic (exact) mass is 498 g/mol. The summed E-state index contributed by atoms with van der Waals surface area (Å²) in [4.78, 5) is 25.2. The maximum Gasteiger partial charge on any atom is 0.343 e. The van der Waals surface area contributed by atoms with Crippen molar-refractivity contribution in [2.75, 3.05) is 26.4 Å². The molecule has 0 aliphatic heterocycles. The average molecular weight is 499 g/mol. The first-order valence-corrected chi connectivity index (χ1v) is 11.8. The second-order valence-electron chi connectivity index (χ2n) is 7.72. The molecule has 0 amide bonds. The SMILES string of the molecule is O=C(Oc1ccccc1C(=O)OCCOc1ccccc1)c1ccc(OCCOc2ccccc2)cc1. The lowest BCUT2D eigenvalue weighted by Gasteiger charge is -2.11. The van der Waals surface area contributed by atoms with Crippen LogP contribution in [0.25, 0.3) is 0 Å². The minimum absolute atomic E-state index is 0.0495. The zero-order chi connectivity index (χ0) is 25.7. The zero-order valence-electron chi connectivity index (χ0n) is 20.1. The molecule has 0 aromatic heterocycles. The Morgan fingerprint density at radius 2 is 0.973 bits per heavy atom. The highest BCUT2D eigenvalue weighted by Crippen LogP contribution is 2.21. The lowest BCUT2D eigenvalue weighted by atomic mass is 10.2. The highest BCUT2D eigenvalue weighted by molar-refractivity contribution is 5.96. The Morgan fingerprint density at radius 1 is 0.486 bits per heavy atom. The third-order valence-corrected chi connectivity index (χ3v) is 5.09. The van der Waals surface area contributed by atoms with Crippen molar-refractivity contribution in [2.24, 2.45) is 0 Å². The number of carbonyl (C=O) groups is 2. The number of benzene rings is 4. The smallest absolute Gasteiger partial charge is 0.343 e. The fourth-order valence-electron chi connectivity index (χ4n) is 3.29. The minimum atomic E-state index is -0.610. The van der Waals surface area contributed by atoms with Crippen molar-refractivity contribution in [3.63, 3.8) is 0 Å². The van der Waals surface area contributed by atoms with Crippen molar-refractivity contribution >= 4 is 11.9 Å². The van der Waals surface area contributed by atoms with Gasteiger partial charge in [-0.3, -0.25) is 0 Å². The molecule has 7 heteroatoms. The van der Waals surface area contributed by atoms with Crippen LogP contribution in [0.4, 0.5) is 0 Å². The summed E-state index contributed by atoms with van der Waals surface area (Å²) in [6.07, 6.45) is 0. The normalized spacial score (nSPS) is 10.3. The van der Waals surface area contributed by atoms with E-state index in [0.717, 1.165) is 5.75 Å². The third kappa shape index (κ3) is 7.86. The van der Waals surface area contributed by atoms with Crippen molar-refractivity contribution in [3.8, 4) is 23.0 Å². The molecule has 0 heterocycles. The van der Waals surface area contributed by atoms with E-state index in [-0.39, 0.29) is 24.5 Å². The standard InChI is InChI=1S/C30H26O7/c31-29(23-15-17-26(18-16-23)35-20-19-33-24-9-3-1-4-10-24)37-28-14-8-7-13-27(28)30(32)36-22-21-34-25-11-5-2-6-12-25/h1-18H,19-22H2. The molecule has 0 atom stereocenters. The first-order chi connectivity index (χ1) is 18.2. The van der Waals surface area contributed by atoms with Gasteiger partial charge in [-0.05, 0) is 60.7 Å². The van der Waals surface area contributed by atoms with Crippen LogP contribution in [-0.2, 0) is 4.74 Å². The number of hydrogen-bond donors (Lipinski definition) is 0. The van der Waals surface area contributed by atoms with Gasteiger partial charge in [0.15, 0.2) is 0 Å². The second kappa shape index (κ2) is 13.3. The number of carbonyl (C=O) groups excluding carboxylic acids is 2. The van der Waals surface area contributed by atoms with E-state index in [2.05, 4.69) is 0 Å².